The molecule has 124 valence electrons. The summed E-state index contributed by atoms with van der Waals surface area (Å²) in [5.41, 5.74) is 1.87. The second-order valence-corrected chi connectivity index (χ2v) is 6.01. The fourth-order valence-corrected chi connectivity index (χ4v) is 2.78. The second kappa shape index (κ2) is 7.50. The van der Waals surface area contributed by atoms with Crippen LogP contribution in [0, 0.1) is 0 Å². The Labute approximate surface area is 147 Å². The Morgan fingerprint density at radius 1 is 1.00 bits per heavy atom. The lowest BCUT2D eigenvalue weighted by atomic mass is 10.1. The molecule has 0 atom stereocenters. The van der Waals surface area contributed by atoms with Crippen molar-refractivity contribution in [2.75, 3.05) is 5.32 Å². The van der Waals surface area contributed by atoms with Gasteiger partial charge >= 0.3 is 5.97 Å². The van der Waals surface area contributed by atoms with Gasteiger partial charge in [0.05, 0.1) is 5.56 Å². The molecule has 0 unspecified atom stereocenters. The average molecular weight is 351 g/mol. The van der Waals surface area contributed by atoms with Crippen LogP contribution in [0.5, 0.6) is 0 Å². The van der Waals surface area contributed by atoms with Crippen molar-refractivity contribution in [1.82, 2.24) is 10.2 Å². The molecule has 0 aliphatic carbocycles. The van der Waals surface area contributed by atoms with Crippen LogP contribution in [0.15, 0.2) is 60.7 Å². The van der Waals surface area contributed by atoms with E-state index in [-0.39, 0.29) is 11.5 Å². The lowest BCUT2D eigenvalue weighted by Crippen LogP contribution is -2.07. The summed E-state index contributed by atoms with van der Waals surface area (Å²) in [6, 6.07) is 15.8. The molecule has 0 spiro atoms. The summed E-state index contributed by atoms with van der Waals surface area (Å²) in [5, 5.41) is 20.5. The highest BCUT2D eigenvalue weighted by Gasteiger charge is 2.09. The molecule has 25 heavy (non-hydrogen) atoms. The molecular weight excluding hydrogens is 338 g/mol. The zero-order chi connectivity index (χ0) is 17.6. The van der Waals surface area contributed by atoms with Gasteiger partial charge in [0.25, 0.3) is 0 Å². The van der Waals surface area contributed by atoms with Crippen LogP contribution in [-0.4, -0.2) is 27.2 Å². The number of anilines is 1. The number of benzene rings is 2. The number of amides is 1. The highest BCUT2D eigenvalue weighted by atomic mass is 32.1. The lowest BCUT2D eigenvalue weighted by molar-refractivity contribution is -0.111. The summed E-state index contributed by atoms with van der Waals surface area (Å²) in [6.07, 6.45) is 3.14. The Hall–Kier alpha value is -3.32. The van der Waals surface area contributed by atoms with E-state index in [0.717, 1.165) is 11.1 Å². The van der Waals surface area contributed by atoms with Crippen molar-refractivity contribution in [2.24, 2.45) is 0 Å². The summed E-state index contributed by atoms with van der Waals surface area (Å²) in [5.74, 6) is -1.28. The quantitative estimate of drug-likeness (QED) is 0.686. The molecule has 0 bridgehead atoms. The predicted octanol–water partition coefficient (Wildman–Crippen LogP) is 3.56. The molecule has 0 aliphatic rings. The molecule has 0 radical (unpaired) electrons. The van der Waals surface area contributed by atoms with Crippen molar-refractivity contribution in [1.29, 1.82) is 0 Å². The topological polar surface area (TPSA) is 92.2 Å². The molecule has 2 N–H and O–H groups in total. The number of hydrogen-bond acceptors (Lipinski definition) is 5. The van der Waals surface area contributed by atoms with Crippen molar-refractivity contribution < 1.29 is 14.7 Å². The highest BCUT2D eigenvalue weighted by molar-refractivity contribution is 7.18. The summed E-state index contributed by atoms with van der Waals surface area (Å²) < 4.78 is 0. The number of carbonyl (C=O) groups is 2. The van der Waals surface area contributed by atoms with Crippen molar-refractivity contribution in [3.8, 4) is 10.6 Å². The van der Waals surface area contributed by atoms with Crippen LogP contribution in [0.2, 0.25) is 0 Å². The molecule has 0 aliphatic heterocycles. The predicted molar refractivity (Wildman–Crippen MR) is 96.4 cm³/mol. The van der Waals surface area contributed by atoms with E-state index in [9.17, 15) is 9.59 Å². The zero-order valence-corrected chi connectivity index (χ0v) is 13.7. The van der Waals surface area contributed by atoms with Gasteiger partial charge in [-0.1, -0.05) is 53.8 Å². The maximum Gasteiger partial charge on any atom is 0.335 e. The normalized spacial score (nSPS) is 10.7. The minimum absolute atomic E-state index is 0.202. The van der Waals surface area contributed by atoms with Gasteiger partial charge in [0, 0.05) is 11.6 Å². The Bertz CT molecular complexity index is 918. The van der Waals surface area contributed by atoms with Gasteiger partial charge in [0.15, 0.2) is 0 Å². The average Bonchev–Trinajstić information content (AvgIpc) is 3.09. The third kappa shape index (κ3) is 4.36. The number of rotatable bonds is 5. The van der Waals surface area contributed by atoms with Crippen LogP contribution in [0.25, 0.3) is 16.6 Å². The molecule has 7 heteroatoms. The van der Waals surface area contributed by atoms with Gasteiger partial charge in [-0.15, -0.1) is 10.2 Å². The van der Waals surface area contributed by atoms with Crippen molar-refractivity contribution in [2.45, 2.75) is 0 Å². The SMILES string of the molecule is O=C(/C=C/c1ccccc1)Nc1nnc(-c2ccc(C(=O)O)cc2)s1. The van der Waals surface area contributed by atoms with Crippen LogP contribution in [0.4, 0.5) is 5.13 Å². The van der Waals surface area contributed by atoms with E-state index in [0.29, 0.717) is 10.1 Å². The van der Waals surface area contributed by atoms with Crippen molar-refractivity contribution >= 4 is 34.4 Å². The van der Waals surface area contributed by atoms with E-state index in [1.54, 1.807) is 18.2 Å². The molecule has 6 nitrogen and oxygen atoms in total. The van der Waals surface area contributed by atoms with Crippen LogP contribution >= 0.6 is 11.3 Å². The molecule has 0 fully saturated rings. The van der Waals surface area contributed by atoms with Gasteiger partial charge in [-0.2, -0.15) is 0 Å². The first-order valence-corrected chi connectivity index (χ1v) is 8.15. The number of nitrogens with zero attached hydrogens (tertiary/aromatic N) is 2. The third-order valence-electron chi connectivity index (χ3n) is 3.26. The molecular formula is C18H13N3O3S. The third-order valence-corrected chi connectivity index (χ3v) is 4.15. The van der Waals surface area contributed by atoms with E-state index in [2.05, 4.69) is 15.5 Å². The number of aromatic carboxylic acids is 1. The summed E-state index contributed by atoms with van der Waals surface area (Å²) in [6.45, 7) is 0. The molecule has 0 saturated heterocycles. The van der Waals surface area contributed by atoms with E-state index >= 15 is 0 Å². The van der Waals surface area contributed by atoms with E-state index < -0.39 is 5.97 Å². The van der Waals surface area contributed by atoms with Gasteiger partial charge in [-0.05, 0) is 23.8 Å². The molecule has 1 amide bonds. The summed E-state index contributed by atoms with van der Waals surface area (Å²) >= 11 is 1.21. The zero-order valence-electron chi connectivity index (χ0n) is 12.9. The first kappa shape index (κ1) is 16.5. The number of aromatic nitrogens is 2. The number of carboxylic acids is 1. The number of carboxylic acid groups (broad SMARTS) is 1. The molecule has 3 rings (SSSR count). The van der Waals surface area contributed by atoms with Gasteiger partial charge < -0.3 is 5.11 Å². The Morgan fingerprint density at radius 2 is 1.72 bits per heavy atom. The number of hydrogen-bond donors (Lipinski definition) is 2. The maximum atomic E-state index is 11.9. The largest absolute Gasteiger partial charge is 0.478 e. The van der Waals surface area contributed by atoms with Crippen molar-refractivity contribution in [3.63, 3.8) is 0 Å². The van der Waals surface area contributed by atoms with Crippen LogP contribution in [0.1, 0.15) is 15.9 Å². The van der Waals surface area contributed by atoms with Crippen LogP contribution in [0.3, 0.4) is 0 Å². The van der Waals surface area contributed by atoms with Gasteiger partial charge in [0.2, 0.25) is 11.0 Å². The van der Waals surface area contributed by atoms with Crippen LogP contribution in [-0.2, 0) is 4.79 Å². The summed E-state index contributed by atoms with van der Waals surface area (Å²) in [7, 11) is 0. The van der Waals surface area contributed by atoms with Crippen LogP contribution < -0.4 is 5.32 Å². The standard InChI is InChI=1S/C18H13N3O3S/c22-15(11-6-12-4-2-1-3-5-12)19-18-21-20-16(25-18)13-7-9-14(10-8-13)17(23)24/h1-11H,(H,23,24)(H,19,21,22)/b11-6+. The maximum absolute atomic E-state index is 11.9. The van der Waals surface area contributed by atoms with Crippen molar-refractivity contribution in [3.05, 3.63) is 71.8 Å². The molecule has 1 aromatic heterocycles. The monoisotopic (exact) mass is 351 g/mol. The van der Waals surface area contributed by atoms with E-state index in [1.807, 2.05) is 30.3 Å². The smallest absolute Gasteiger partial charge is 0.335 e. The van der Waals surface area contributed by atoms with Gasteiger partial charge in [-0.3, -0.25) is 10.1 Å². The summed E-state index contributed by atoms with van der Waals surface area (Å²) in [4.78, 5) is 22.8. The second-order valence-electron chi connectivity index (χ2n) is 5.03. The Kier molecular flexibility index (Phi) is 4.96. The van der Waals surface area contributed by atoms with Gasteiger partial charge in [-0.25, -0.2) is 4.79 Å². The first-order chi connectivity index (χ1) is 12.1. The fraction of sp³-hybridized carbons (Fsp3) is 0. The number of nitrogens with one attached hydrogen (secondary N) is 1. The van der Waals surface area contributed by atoms with E-state index in [4.69, 9.17) is 5.11 Å². The number of carbonyl (C=O) groups excluding carboxylic acids is 1. The van der Waals surface area contributed by atoms with Gasteiger partial charge in [0.1, 0.15) is 5.01 Å². The fourth-order valence-electron chi connectivity index (χ4n) is 2.03. The van der Waals surface area contributed by atoms with E-state index in [1.165, 1.54) is 29.5 Å². The Morgan fingerprint density at radius 3 is 2.40 bits per heavy atom. The molecule has 3 aromatic rings. The lowest BCUT2D eigenvalue weighted by Gasteiger charge is -1.97. The Balaban J connectivity index is 1.66. The first-order valence-electron chi connectivity index (χ1n) is 7.33. The highest BCUT2D eigenvalue weighted by Crippen LogP contribution is 2.26. The minimum atomic E-state index is -0.984. The minimum Gasteiger partial charge on any atom is -0.478 e. The molecule has 2 aromatic carbocycles. The molecule has 1 heterocycles. The molecule has 0 saturated carbocycles.